The minimum absolute atomic E-state index is 0.289. The molecule has 0 saturated carbocycles. The highest BCUT2D eigenvalue weighted by Gasteiger charge is 2.24. The van der Waals surface area contributed by atoms with Crippen LogP contribution >= 0.6 is 23.1 Å². The maximum atomic E-state index is 11.4. The third kappa shape index (κ3) is 2.06. The van der Waals surface area contributed by atoms with Crippen molar-refractivity contribution >= 4 is 28.9 Å². The Bertz CT molecular complexity index is 390. The van der Waals surface area contributed by atoms with E-state index in [0.717, 1.165) is 6.54 Å². The number of thioether (sulfide) groups is 1. The zero-order valence-corrected chi connectivity index (χ0v) is 10.8. The summed E-state index contributed by atoms with van der Waals surface area (Å²) in [6.07, 6.45) is 3.91. The van der Waals surface area contributed by atoms with Crippen molar-refractivity contribution in [3.8, 4) is 0 Å². The van der Waals surface area contributed by atoms with Gasteiger partial charge in [-0.15, -0.1) is 23.1 Å². The topological polar surface area (TPSA) is 29.1 Å². The van der Waals surface area contributed by atoms with Gasteiger partial charge in [0.25, 0.3) is 0 Å². The van der Waals surface area contributed by atoms with Gasteiger partial charge >= 0.3 is 0 Å². The van der Waals surface area contributed by atoms with E-state index in [1.54, 1.807) is 0 Å². The average molecular weight is 253 g/mol. The lowest BCUT2D eigenvalue weighted by molar-refractivity contribution is -0.120. The Labute approximate surface area is 104 Å². The summed E-state index contributed by atoms with van der Waals surface area (Å²) in [6.45, 7) is 0.846. The lowest BCUT2D eigenvalue weighted by atomic mass is 10.0. The molecule has 3 rings (SSSR count). The molecule has 2 nitrogen and oxygen atoms in total. The number of carbonyl (C=O) groups excluding carboxylic acids is 1. The summed E-state index contributed by atoms with van der Waals surface area (Å²) in [4.78, 5) is 12.8. The van der Waals surface area contributed by atoms with Gasteiger partial charge in [-0.3, -0.25) is 4.79 Å². The minimum Gasteiger partial charge on any atom is -0.308 e. The fourth-order valence-electron chi connectivity index (χ4n) is 2.32. The summed E-state index contributed by atoms with van der Waals surface area (Å²) in [5, 5.41) is 3.46. The van der Waals surface area contributed by atoms with E-state index in [9.17, 15) is 4.79 Å². The number of piperidine rings is 1. The zero-order valence-electron chi connectivity index (χ0n) is 9.12. The normalized spacial score (nSPS) is 25.5. The fourth-order valence-corrected chi connectivity index (χ4v) is 4.93. The first-order valence-electron chi connectivity index (χ1n) is 5.83. The van der Waals surface area contributed by atoms with Gasteiger partial charge < -0.3 is 5.32 Å². The van der Waals surface area contributed by atoms with E-state index in [4.69, 9.17) is 0 Å². The van der Waals surface area contributed by atoms with E-state index in [0.29, 0.717) is 18.6 Å². The predicted octanol–water partition coefficient (Wildman–Crippen LogP) is 2.78. The van der Waals surface area contributed by atoms with Crippen LogP contribution in [0.1, 0.15) is 35.7 Å². The van der Waals surface area contributed by atoms with Gasteiger partial charge in [0.2, 0.25) is 0 Å². The van der Waals surface area contributed by atoms with Crippen molar-refractivity contribution in [2.45, 2.75) is 35.9 Å². The Morgan fingerprint density at radius 3 is 3.12 bits per heavy atom. The fraction of sp³-hybridized carbons (Fsp3) is 0.583. The highest BCUT2D eigenvalue weighted by Crippen LogP contribution is 2.40. The summed E-state index contributed by atoms with van der Waals surface area (Å²) in [5.41, 5.74) is 1.51. The van der Waals surface area contributed by atoms with Gasteiger partial charge in [-0.25, -0.2) is 0 Å². The number of rotatable bonds is 1. The summed E-state index contributed by atoms with van der Waals surface area (Å²) < 4.78 is 1.49. The number of nitrogens with one attached hydrogen (secondary N) is 1. The van der Waals surface area contributed by atoms with E-state index in [1.165, 1.54) is 33.2 Å². The molecule has 0 aliphatic carbocycles. The van der Waals surface area contributed by atoms with Gasteiger partial charge in [-0.05, 0) is 30.2 Å². The first-order valence-corrected chi connectivity index (χ1v) is 7.63. The number of aryl methyl sites for hydroxylation is 1. The molecule has 4 heteroatoms. The summed E-state index contributed by atoms with van der Waals surface area (Å²) in [7, 11) is 0. The molecular formula is C12H15NOS2. The number of Topliss-reactive ketones (excluding diaryl/α,β-unsaturated/α-hetero) is 1. The maximum Gasteiger partial charge on any atom is 0.136 e. The van der Waals surface area contributed by atoms with E-state index in [-0.39, 0.29) is 6.04 Å². The van der Waals surface area contributed by atoms with Crippen molar-refractivity contribution in [2.75, 3.05) is 12.3 Å². The van der Waals surface area contributed by atoms with E-state index in [1.807, 2.05) is 23.1 Å². The molecule has 0 radical (unpaired) electrons. The van der Waals surface area contributed by atoms with Crippen LogP contribution in [-0.4, -0.2) is 18.1 Å². The zero-order chi connectivity index (χ0) is 11.0. The van der Waals surface area contributed by atoms with Crippen molar-refractivity contribution in [2.24, 2.45) is 0 Å². The van der Waals surface area contributed by atoms with Crippen LogP contribution in [0, 0.1) is 0 Å². The van der Waals surface area contributed by atoms with Crippen molar-refractivity contribution in [3.63, 3.8) is 0 Å². The molecule has 0 spiro atoms. The molecule has 0 amide bonds. The first kappa shape index (κ1) is 10.8. The Hall–Kier alpha value is -0.320. The molecule has 2 aliphatic heterocycles. The monoisotopic (exact) mass is 253 g/mol. The number of carbonyl (C=O) groups is 1. The number of ketones is 1. The van der Waals surface area contributed by atoms with E-state index < -0.39 is 0 Å². The first-order chi connectivity index (χ1) is 7.83. The summed E-state index contributed by atoms with van der Waals surface area (Å²) in [5.74, 6) is 1.66. The van der Waals surface area contributed by atoms with Crippen molar-refractivity contribution in [3.05, 3.63) is 16.5 Å². The third-order valence-electron chi connectivity index (χ3n) is 3.18. The minimum atomic E-state index is 0.289. The van der Waals surface area contributed by atoms with Crippen LogP contribution in [0.4, 0.5) is 0 Å². The predicted molar refractivity (Wildman–Crippen MR) is 68.3 cm³/mol. The molecule has 0 bridgehead atoms. The second-order valence-corrected chi connectivity index (χ2v) is 6.86. The van der Waals surface area contributed by atoms with Crippen molar-refractivity contribution in [1.29, 1.82) is 0 Å². The molecule has 1 unspecified atom stereocenters. The molecule has 2 aliphatic rings. The van der Waals surface area contributed by atoms with Gasteiger partial charge in [0.15, 0.2) is 0 Å². The van der Waals surface area contributed by atoms with E-state index in [2.05, 4.69) is 11.4 Å². The van der Waals surface area contributed by atoms with Crippen LogP contribution in [0.15, 0.2) is 10.3 Å². The van der Waals surface area contributed by atoms with Crippen molar-refractivity contribution < 1.29 is 4.79 Å². The SMILES string of the molecule is O=C1CCNC(c2cc3c(s2)SCCC3)C1. The van der Waals surface area contributed by atoms with E-state index >= 15 is 0 Å². The van der Waals surface area contributed by atoms with Crippen LogP contribution in [0.2, 0.25) is 0 Å². The highest BCUT2D eigenvalue weighted by molar-refractivity contribution is 8.01. The molecule has 0 aromatic carbocycles. The number of hydrogen-bond acceptors (Lipinski definition) is 4. The maximum absolute atomic E-state index is 11.4. The number of thiophene rings is 1. The lowest BCUT2D eigenvalue weighted by Crippen LogP contribution is -2.31. The Morgan fingerprint density at radius 1 is 1.38 bits per heavy atom. The smallest absolute Gasteiger partial charge is 0.136 e. The molecule has 1 atom stereocenters. The Morgan fingerprint density at radius 2 is 2.31 bits per heavy atom. The highest BCUT2D eigenvalue weighted by atomic mass is 32.2. The third-order valence-corrected chi connectivity index (χ3v) is 5.89. The average Bonchev–Trinajstić information content (AvgIpc) is 2.72. The lowest BCUT2D eigenvalue weighted by Gasteiger charge is -2.21. The molecule has 86 valence electrons. The largest absolute Gasteiger partial charge is 0.308 e. The van der Waals surface area contributed by atoms with Crippen LogP contribution < -0.4 is 5.32 Å². The molecule has 16 heavy (non-hydrogen) atoms. The van der Waals surface area contributed by atoms with Gasteiger partial charge in [-0.2, -0.15) is 0 Å². The van der Waals surface area contributed by atoms with Gasteiger partial charge in [-0.1, -0.05) is 0 Å². The second kappa shape index (κ2) is 4.51. The number of hydrogen-bond donors (Lipinski definition) is 1. The standard InChI is InChI=1S/C12H15NOS2/c14-9-3-4-13-10(7-9)11-6-8-2-1-5-15-12(8)16-11/h6,10,13H,1-5,7H2. The molecule has 1 N–H and O–H groups in total. The van der Waals surface area contributed by atoms with Crippen LogP contribution in [0.3, 0.4) is 0 Å². The van der Waals surface area contributed by atoms with Gasteiger partial charge in [0.1, 0.15) is 5.78 Å². The molecular weight excluding hydrogens is 238 g/mol. The summed E-state index contributed by atoms with van der Waals surface area (Å²) >= 11 is 3.87. The second-order valence-electron chi connectivity index (χ2n) is 4.41. The molecule has 1 saturated heterocycles. The molecule has 3 heterocycles. The number of fused-ring (bicyclic) bond motifs is 1. The van der Waals surface area contributed by atoms with Gasteiger partial charge in [0.05, 0.1) is 4.21 Å². The molecule has 1 aromatic rings. The molecule has 1 fully saturated rings. The molecule has 1 aromatic heterocycles. The van der Waals surface area contributed by atoms with Gasteiger partial charge in [0, 0.05) is 30.3 Å². The van der Waals surface area contributed by atoms with Crippen LogP contribution in [-0.2, 0) is 11.2 Å². The Balaban J connectivity index is 1.83. The summed E-state index contributed by atoms with van der Waals surface area (Å²) in [6, 6.07) is 2.61. The van der Waals surface area contributed by atoms with Crippen LogP contribution in [0.25, 0.3) is 0 Å². The van der Waals surface area contributed by atoms with Crippen LogP contribution in [0.5, 0.6) is 0 Å². The van der Waals surface area contributed by atoms with Crippen molar-refractivity contribution in [1.82, 2.24) is 5.32 Å². The quantitative estimate of drug-likeness (QED) is 0.834. The Kier molecular flexibility index (Phi) is 3.05.